The summed E-state index contributed by atoms with van der Waals surface area (Å²) >= 11 is 1.55. The van der Waals surface area contributed by atoms with E-state index >= 15 is 0 Å². The smallest absolute Gasteiger partial charge is 0.341 e. The molecule has 0 bridgehead atoms. The van der Waals surface area contributed by atoms with E-state index in [-0.39, 0.29) is 11.4 Å². The number of nitrogens with two attached hydrogens (primary N) is 1. The highest BCUT2D eigenvalue weighted by Gasteiger charge is 2.24. The van der Waals surface area contributed by atoms with Crippen molar-refractivity contribution in [3.63, 3.8) is 0 Å². The van der Waals surface area contributed by atoms with E-state index in [1.165, 1.54) is 11.3 Å². The van der Waals surface area contributed by atoms with Crippen LogP contribution in [0.15, 0.2) is 0 Å². The molecule has 5 heteroatoms. The van der Waals surface area contributed by atoms with Crippen molar-refractivity contribution in [2.24, 2.45) is 0 Å². The summed E-state index contributed by atoms with van der Waals surface area (Å²) in [6.07, 6.45) is 4.38. The van der Waals surface area contributed by atoms with Gasteiger partial charge < -0.3 is 15.9 Å². The van der Waals surface area contributed by atoms with Crippen LogP contribution in [0.25, 0.3) is 0 Å². The van der Waals surface area contributed by atoms with Gasteiger partial charge in [-0.3, -0.25) is 0 Å². The van der Waals surface area contributed by atoms with Crippen LogP contribution < -0.4 is 5.73 Å². The summed E-state index contributed by atoms with van der Waals surface area (Å²) < 4.78 is 5.02. The summed E-state index contributed by atoms with van der Waals surface area (Å²) in [7, 11) is 0. The molecule has 1 aliphatic rings. The number of carbonyl (C=O) groups is 1. The van der Waals surface area contributed by atoms with Crippen LogP contribution in [0.2, 0.25) is 0 Å². The second-order valence-electron chi connectivity index (χ2n) is 3.67. The molecule has 90 valence electrons. The largest absolute Gasteiger partial charge is 0.462 e. The molecular weight excluding hydrogens is 226 g/mol. The van der Waals surface area contributed by atoms with Gasteiger partial charge in [-0.1, -0.05) is 0 Å². The minimum absolute atomic E-state index is 0. The van der Waals surface area contributed by atoms with Crippen molar-refractivity contribution >= 4 is 22.3 Å². The Morgan fingerprint density at radius 2 is 2.12 bits per heavy atom. The molecule has 0 saturated carbocycles. The molecule has 4 nitrogen and oxygen atoms in total. The van der Waals surface area contributed by atoms with Crippen molar-refractivity contribution in [1.29, 1.82) is 0 Å². The molecule has 0 saturated heterocycles. The summed E-state index contributed by atoms with van der Waals surface area (Å²) in [5, 5.41) is 0.625. The maximum absolute atomic E-state index is 11.7. The summed E-state index contributed by atoms with van der Waals surface area (Å²) in [6, 6.07) is 0. The Hall–Kier alpha value is -1.07. The molecule has 0 unspecified atom stereocenters. The Morgan fingerprint density at radius 1 is 1.44 bits per heavy atom. The number of esters is 1. The molecule has 1 heterocycles. The van der Waals surface area contributed by atoms with Crippen LogP contribution in [0.1, 0.15) is 40.6 Å². The fourth-order valence-electron chi connectivity index (χ4n) is 2.01. The third-order valence-electron chi connectivity index (χ3n) is 2.68. The van der Waals surface area contributed by atoms with Crippen molar-refractivity contribution in [3.05, 3.63) is 16.0 Å². The molecule has 0 atom stereocenters. The van der Waals surface area contributed by atoms with Crippen molar-refractivity contribution in [3.8, 4) is 0 Å². The molecular formula is C11H17NO3S. The number of fused-ring (bicyclic) bond motifs is 1. The number of hydrogen-bond acceptors (Lipinski definition) is 4. The fourth-order valence-corrected chi connectivity index (χ4v) is 3.16. The summed E-state index contributed by atoms with van der Waals surface area (Å²) in [4.78, 5) is 13.0. The zero-order valence-electron chi connectivity index (χ0n) is 9.34. The average molecular weight is 243 g/mol. The molecule has 0 spiro atoms. The van der Waals surface area contributed by atoms with E-state index < -0.39 is 0 Å². The number of ether oxygens (including phenoxy) is 1. The van der Waals surface area contributed by atoms with Gasteiger partial charge in [-0.15, -0.1) is 11.3 Å². The molecule has 0 aromatic carbocycles. The normalized spacial score (nSPS) is 13.8. The second-order valence-corrected chi connectivity index (χ2v) is 4.81. The first kappa shape index (κ1) is 13.0. The van der Waals surface area contributed by atoms with Gasteiger partial charge >= 0.3 is 5.97 Å². The van der Waals surface area contributed by atoms with E-state index in [2.05, 4.69) is 0 Å². The second kappa shape index (κ2) is 5.32. The maximum Gasteiger partial charge on any atom is 0.341 e. The Morgan fingerprint density at radius 3 is 2.81 bits per heavy atom. The van der Waals surface area contributed by atoms with Crippen molar-refractivity contribution in [2.45, 2.75) is 32.6 Å². The number of thiophene rings is 1. The molecule has 0 fully saturated rings. The lowest BCUT2D eigenvalue weighted by Gasteiger charge is -2.11. The number of rotatable bonds is 2. The highest BCUT2D eigenvalue weighted by atomic mass is 32.1. The SMILES string of the molecule is CCOC(=O)c1c(N)sc2c1CCCC2.O. The molecule has 1 aliphatic carbocycles. The van der Waals surface area contributed by atoms with Crippen LogP contribution in [0, 0.1) is 0 Å². The van der Waals surface area contributed by atoms with Crippen molar-refractivity contribution in [2.75, 3.05) is 12.3 Å². The minimum atomic E-state index is -0.255. The molecule has 4 N–H and O–H groups in total. The van der Waals surface area contributed by atoms with Gasteiger partial charge in [0.1, 0.15) is 5.00 Å². The van der Waals surface area contributed by atoms with Crippen LogP contribution in [0.4, 0.5) is 5.00 Å². The highest BCUT2D eigenvalue weighted by Crippen LogP contribution is 2.36. The third-order valence-corrected chi connectivity index (χ3v) is 3.80. The van der Waals surface area contributed by atoms with Crippen LogP contribution in [-0.4, -0.2) is 18.1 Å². The standard InChI is InChI=1S/C11H15NO2S.H2O/c1-2-14-11(13)9-7-5-3-4-6-8(7)15-10(9)12;/h2-6,12H2,1H3;1H2. The Kier molecular flexibility index (Phi) is 4.32. The van der Waals surface area contributed by atoms with E-state index in [4.69, 9.17) is 10.5 Å². The van der Waals surface area contributed by atoms with Crippen molar-refractivity contribution in [1.82, 2.24) is 0 Å². The Balaban J connectivity index is 0.00000128. The quantitative estimate of drug-likeness (QED) is 0.800. The molecule has 16 heavy (non-hydrogen) atoms. The molecule has 0 radical (unpaired) electrons. The lowest BCUT2D eigenvalue weighted by Crippen LogP contribution is -2.10. The number of aryl methyl sites for hydroxylation is 1. The lowest BCUT2D eigenvalue weighted by atomic mass is 9.95. The summed E-state index contributed by atoms with van der Waals surface area (Å²) in [5.41, 5.74) is 7.65. The molecule has 1 aromatic rings. The van der Waals surface area contributed by atoms with Gasteiger partial charge in [-0.25, -0.2) is 4.79 Å². The number of hydrogen-bond donors (Lipinski definition) is 1. The lowest BCUT2D eigenvalue weighted by molar-refractivity contribution is 0.0526. The van der Waals surface area contributed by atoms with Gasteiger partial charge in [0, 0.05) is 4.88 Å². The monoisotopic (exact) mass is 243 g/mol. The molecule has 2 rings (SSSR count). The maximum atomic E-state index is 11.7. The zero-order valence-corrected chi connectivity index (χ0v) is 10.2. The predicted molar refractivity (Wildman–Crippen MR) is 64.9 cm³/mol. The fraction of sp³-hybridized carbons (Fsp3) is 0.545. The minimum Gasteiger partial charge on any atom is -0.462 e. The average Bonchev–Trinajstić information content (AvgIpc) is 2.54. The van der Waals surface area contributed by atoms with Crippen LogP contribution in [0.5, 0.6) is 0 Å². The molecule has 0 aliphatic heterocycles. The van der Waals surface area contributed by atoms with Crippen LogP contribution >= 0.6 is 11.3 Å². The molecule has 1 aromatic heterocycles. The van der Waals surface area contributed by atoms with Gasteiger partial charge in [0.2, 0.25) is 0 Å². The zero-order chi connectivity index (χ0) is 10.8. The van der Waals surface area contributed by atoms with E-state index in [1.807, 2.05) is 6.92 Å². The Bertz CT molecular complexity index is 387. The topological polar surface area (TPSA) is 83.8 Å². The summed E-state index contributed by atoms with van der Waals surface area (Å²) in [5.74, 6) is -0.255. The summed E-state index contributed by atoms with van der Waals surface area (Å²) in [6.45, 7) is 2.22. The van der Waals surface area contributed by atoms with Crippen LogP contribution in [0.3, 0.4) is 0 Å². The number of carbonyl (C=O) groups excluding carboxylic acids is 1. The van der Waals surface area contributed by atoms with E-state index in [9.17, 15) is 4.79 Å². The van der Waals surface area contributed by atoms with E-state index in [1.54, 1.807) is 11.3 Å². The van der Waals surface area contributed by atoms with E-state index in [0.29, 0.717) is 17.2 Å². The molecule has 0 amide bonds. The number of nitrogen functional groups attached to an aromatic ring is 1. The highest BCUT2D eigenvalue weighted by molar-refractivity contribution is 7.16. The van der Waals surface area contributed by atoms with Gasteiger partial charge in [-0.2, -0.15) is 0 Å². The number of anilines is 1. The Labute approximate surface area is 98.7 Å². The first-order valence-electron chi connectivity index (χ1n) is 5.31. The van der Waals surface area contributed by atoms with Crippen molar-refractivity contribution < 1.29 is 15.0 Å². The van der Waals surface area contributed by atoms with Gasteiger partial charge in [-0.05, 0) is 38.2 Å². The van der Waals surface area contributed by atoms with Gasteiger partial charge in [0.05, 0.1) is 12.2 Å². The van der Waals surface area contributed by atoms with Gasteiger partial charge in [0.15, 0.2) is 0 Å². The predicted octanol–water partition coefficient (Wildman–Crippen LogP) is 1.56. The van der Waals surface area contributed by atoms with Crippen LogP contribution in [-0.2, 0) is 17.6 Å². The first-order chi connectivity index (χ1) is 7.24. The van der Waals surface area contributed by atoms with E-state index in [0.717, 1.165) is 24.8 Å². The van der Waals surface area contributed by atoms with Gasteiger partial charge in [0.25, 0.3) is 0 Å². The third kappa shape index (κ3) is 2.20. The first-order valence-corrected chi connectivity index (χ1v) is 6.12.